The van der Waals surface area contributed by atoms with E-state index < -0.39 is 10.8 Å². The number of hydrogen-bond donors (Lipinski definition) is 1. The number of alkyl halides is 1. The summed E-state index contributed by atoms with van der Waals surface area (Å²) in [6, 6.07) is 4.69. The van der Waals surface area contributed by atoms with Crippen LogP contribution in [0.25, 0.3) is 0 Å². The zero-order chi connectivity index (χ0) is 14.4. The highest BCUT2D eigenvalue weighted by Crippen LogP contribution is 2.22. The predicted molar refractivity (Wildman–Crippen MR) is 75.1 cm³/mol. The van der Waals surface area contributed by atoms with Crippen molar-refractivity contribution in [2.45, 2.75) is 4.83 Å². The topological polar surface area (TPSA) is 64.6 Å². The Morgan fingerprint density at radius 3 is 2.68 bits per heavy atom. The summed E-state index contributed by atoms with van der Waals surface area (Å²) < 4.78 is 9.61. The second kappa shape index (κ2) is 7.35. The molecule has 0 saturated heterocycles. The molecule has 0 saturated carbocycles. The largest absolute Gasteiger partial charge is 0.496 e. The van der Waals surface area contributed by atoms with Crippen LogP contribution >= 0.6 is 27.5 Å². The molecule has 0 spiro atoms. The molecule has 1 atom stereocenters. The lowest BCUT2D eigenvalue weighted by Crippen LogP contribution is -2.34. The number of rotatable bonds is 5. The van der Waals surface area contributed by atoms with Crippen molar-refractivity contribution in [3.8, 4) is 5.75 Å². The van der Waals surface area contributed by atoms with Crippen LogP contribution in [-0.2, 0) is 9.53 Å². The van der Waals surface area contributed by atoms with Gasteiger partial charge in [0.05, 0.1) is 19.8 Å². The fraction of sp³-hybridized carbons (Fsp3) is 0.333. The van der Waals surface area contributed by atoms with E-state index in [1.165, 1.54) is 14.2 Å². The molecule has 1 aromatic rings. The number of nitrogens with one attached hydrogen (secondary N) is 1. The lowest BCUT2D eigenvalue weighted by molar-refractivity contribution is -0.139. The van der Waals surface area contributed by atoms with Gasteiger partial charge >= 0.3 is 5.97 Å². The fourth-order valence-electron chi connectivity index (χ4n) is 1.34. The van der Waals surface area contributed by atoms with Crippen LogP contribution in [-0.4, -0.2) is 37.5 Å². The summed E-state index contributed by atoms with van der Waals surface area (Å²) in [4.78, 5) is 22.5. The second-order valence-electron chi connectivity index (χ2n) is 3.55. The molecule has 0 aliphatic rings. The van der Waals surface area contributed by atoms with Crippen LogP contribution in [0.2, 0.25) is 5.02 Å². The van der Waals surface area contributed by atoms with Crippen molar-refractivity contribution < 1.29 is 19.1 Å². The summed E-state index contributed by atoms with van der Waals surface area (Å²) in [7, 11) is 2.73. The lowest BCUT2D eigenvalue weighted by atomic mass is 10.2. The maximum absolute atomic E-state index is 11.9. The average molecular weight is 351 g/mol. The molecule has 0 aromatic heterocycles. The molecule has 1 amide bonds. The summed E-state index contributed by atoms with van der Waals surface area (Å²) in [6.07, 6.45) is 0. The molecule has 1 unspecified atom stereocenters. The Labute approximate surface area is 124 Å². The molecular formula is C12H13BrClNO4. The van der Waals surface area contributed by atoms with Gasteiger partial charge < -0.3 is 14.8 Å². The number of hydrogen-bond acceptors (Lipinski definition) is 4. The van der Waals surface area contributed by atoms with Gasteiger partial charge in [0.2, 0.25) is 0 Å². The molecule has 0 aliphatic carbocycles. The quantitative estimate of drug-likeness (QED) is 0.652. The van der Waals surface area contributed by atoms with Crippen molar-refractivity contribution in [1.82, 2.24) is 5.32 Å². The molecule has 5 nitrogen and oxygen atoms in total. The Morgan fingerprint density at radius 1 is 1.42 bits per heavy atom. The van der Waals surface area contributed by atoms with Crippen molar-refractivity contribution in [3.63, 3.8) is 0 Å². The molecule has 104 valence electrons. The average Bonchev–Trinajstić information content (AvgIpc) is 2.43. The third-order valence-electron chi connectivity index (χ3n) is 2.31. The number of ether oxygens (including phenoxy) is 2. The molecule has 0 fully saturated rings. The minimum absolute atomic E-state index is 0.108. The molecule has 1 N–H and O–H groups in total. The lowest BCUT2D eigenvalue weighted by Gasteiger charge is -2.11. The van der Waals surface area contributed by atoms with Crippen molar-refractivity contribution in [2.24, 2.45) is 0 Å². The standard InChI is InChI=1S/C12H13BrClNO4/c1-18-10-5-7(14)3-4-8(10)11(16)15-6-9(13)12(17)19-2/h3-5,9H,6H2,1-2H3,(H,15,16). The summed E-state index contributed by atoms with van der Waals surface area (Å²) in [5.41, 5.74) is 0.344. The minimum atomic E-state index is -0.597. The third kappa shape index (κ3) is 4.40. The van der Waals surface area contributed by atoms with Gasteiger partial charge in [0, 0.05) is 11.6 Å². The van der Waals surface area contributed by atoms with Gasteiger partial charge in [-0.05, 0) is 18.2 Å². The number of amides is 1. The van der Waals surface area contributed by atoms with Crippen LogP contribution in [0.5, 0.6) is 5.75 Å². The molecule has 0 aliphatic heterocycles. The van der Waals surface area contributed by atoms with E-state index in [0.717, 1.165) is 0 Å². The van der Waals surface area contributed by atoms with Crippen molar-refractivity contribution in [2.75, 3.05) is 20.8 Å². The zero-order valence-corrected chi connectivity index (χ0v) is 12.7. The summed E-state index contributed by atoms with van der Waals surface area (Å²) in [5.74, 6) is -0.445. The highest BCUT2D eigenvalue weighted by Gasteiger charge is 2.18. The zero-order valence-electron chi connectivity index (χ0n) is 10.4. The van der Waals surface area contributed by atoms with E-state index in [-0.39, 0.29) is 12.5 Å². The molecule has 7 heteroatoms. The van der Waals surface area contributed by atoms with Crippen LogP contribution in [0.4, 0.5) is 0 Å². The molecule has 1 rings (SSSR count). The number of carbonyl (C=O) groups is 2. The smallest absolute Gasteiger partial charge is 0.321 e. The SMILES string of the molecule is COC(=O)C(Br)CNC(=O)c1ccc(Cl)cc1OC. The summed E-state index contributed by atoms with van der Waals surface area (Å²) in [6.45, 7) is 0.108. The van der Waals surface area contributed by atoms with Crippen LogP contribution in [0.1, 0.15) is 10.4 Å². The van der Waals surface area contributed by atoms with E-state index in [0.29, 0.717) is 16.3 Å². The van der Waals surface area contributed by atoms with E-state index >= 15 is 0 Å². The molecule has 0 radical (unpaired) electrons. The van der Waals surface area contributed by atoms with Crippen LogP contribution in [0, 0.1) is 0 Å². The number of methoxy groups -OCH3 is 2. The van der Waals surface area contributed by atoms with Crippen LogP contribution in [0.3, 0.4) is 0 Å². The number of carbonyl (C=O) groups excluding carboxylic acids is 2. The Balaban J connectivity index is 2.71. The van der Waals surface area contributed by atoms with Gasteiger partial charge in [-0.15, -0.1) is 0 Å². The first-order valence-corrected chi connectivity index (χ1v) is 6.62. The van der Waals surface area contributed by atoms with E-state index in [4.69, 9.17) is 16.3 Å². The van der Waals surface area contributed by atoms with Gasteiger partial charge in [0.15, 0.2) is 0 Å². The molecule has 19 heavy (non-hydrogen) atoms. The first-order valence-electron chi connectivity index (χ1n) is 5.33. The summed E-state index contributed by atoms with van der Waals surface area (Å²) >= 11 is 8.92. The van der Waals surface area contributed by atoms with Crippen LogP contribution in [0.15, 0.2) is 18.2 Å². The monoisotopic (exact) mass is 349 g/mol. The van der Waals surface area contributed by atoms with Gasteiger partial charge in [-0.3, -0.25) is 9.59 Å². The van der Waals surface area contributed by atoms with Gasteiger partial charge in [-0.2, -0.15) is 0 Å². The molecule has 1 aromatic carbocycles. The van der Waals surface area contributed by atoms with Crippen LogP contribution < -0.4 is 10.1 Å². The Hall–Kier alpha value is -1.27. The first-order chi connectivity index (χ1) is 8.99. The van der Waals surface area contributed by atoms with E-state index in [2.05, 4.69) is 26.0 Å². The van der Waals surface area contributed by atoms with E-state index in [1.807, 2.05) is 0 Å². The first kappa shape index (κ1) is 15.8. The number of halogens is 2. The maximum atomic E-state index is 11.9. The Bertz CT molecular complexity index is 481. The predicted octanol–water partition coefficient (Wildman–Crippen LogP) is 2.01. The Kier molecular flexibility index (Phi) is 6.11. The third-order valence-corrected chi connectivity index (χ3v) is 3.24. The van der Waals surface area contributed by atoms with E-state index in [1.54, 1.807) is 18.2 Å². The van der Waals surface area contributed by atoms with Gasteiger partial charge in [0.25, 0.3) is 5.91 Å². The minimum Gasteiger partial charge on any atom is -0.496 e. The highest BCUT2D eigenvalue weighted by atomic mass is 79.9. The molecule has 0 heterocycles. The number of benzene rings is 1. The van der Waals surface area contributed by atoms with E-state index in [9.17, 15) is 9.59 Å². The number of esters is 1. The van der Waals surface area contributed by atoms with Crippen molar-refractivity contribution >= 4 is 39.4 Å². The highest BCUT2D eigenvalue weighted by molar-refractivity contribution is 9.10. The van der Waals surface area contributed by atoms with Crippen molar-refractivity contribution in [3.05, 3.63) is 28.8 Å². The Morgan fingerprint density at radius 2 is 2.11 bits per heavy atom. The second-order valence-corrected chi connectivity index (χ2v) is 5.09. The summed E-state index contributed by atoms with van der Waals surface area (Å²) in [5, 5.41) is 3.07. The maximum Gasteiger partial charge on any atom is 0.321 e. The van der Waals surface area contributed by atoms with Gasteiger partial charge in [-0.1, -0.05) is 27.5 Å². The van der Waals surface area contributed by atoms with Gasteiger partial charge in [0.1, 0.15) is 10.6 Å². The molecule has 0 bridgehead atoms. The van der Waals surface area contributed by atoms with Crippen molar-refractivity contribution in [1.29, 1.82) is 0 Å². The molecular weight excluding hydrogens is 337 g/mol. The van der Waals surface area contributed by atoms with Gasteiger partial charge in [-0.25, -0.2) is 0 Å². The fourth-order valence-corrected chi connectivity index (χ4v) is 1.85. The normalized spacial score (nSPS) is 11.6.